The molecule has 0 bridgehead atoms. The predicted octanol–water partition coefficient (Wildman–Crippen LogP) is 5.36. The van der Waals surface area contributed by atoms with E-state index in [0.29, 0.717) is 19.0 Å². The highest BCUT2D eigenvalue weighted by Crippen LogP contribution is 2.34. The Bertz CT molecular complexity index is 1260. The first-order chi connectivity index (χ1) is 15.6. The number of nitrogens with two attached hydrogens (primary N) is 1. The maximum atomic E-state index is 13.4. The van der Waals surface area contributed by atoms with Gasteiger partial charge in [-0.3, -0.25) is 0 Å². The van der Waals surface area contributed by atoms with Crippen LogP contribution in [0.1, 0.15) is 16.7 Å². The number of aryl methyl sites for hydroxylation is 1. The van der Waals surface area contributed by atoms with Gasteiger partial charge in [-0.1, -0.05) is 36.4 Å². The molecule has 32 heavy (non-hydrogen) atoms. The minimum absolute atomic E-state index is 0.212. The largest absolute Gasteiger partial charge is 0.382 e. The zero-order chi connectivity index (χ0) is 22.1. The van der Waals surface area contributed by atoms with Crippen LogP contribution in [0.2, 0.25) is 0 Å². The maximum Gasteiger partial charge on any atom is 0.147 e. The predicted molar refractivity (Wildman–Crippen MR) is 129 cm³/mol. The van der Waals surface area contributed by atoms with Gasteiger partial charge in [-0.15, -0.1) is 0 Å². The number of hydrogen-bond donors (Lipinski definition) is 1. The number of nitrogens with zero attached hydrogens (tertiary/aromatic N) is 2. The molecule has 0 unspecified atom stereocenters. The minimum atomic E-state index is -0.212. The van der Waals surface area contributed by atoms with E-state index in [4.69, 9.17) is 10.5 Å². The van der Waals surface area contributed by atoms with Crippen molar-refractivity contribution >= 4 is 22.4 Å². The average Bonchev–Trinajstić information content (AvgIpc) is 2.81. The Hall–Kier alpha value is -3.44. The van der Waals surface area contributed by atoms with Gasteiger partial charge < -0.3 is 15.4 Å². The van der Waals surface area contributed by atoms with Crippen LogP contribution >= 0.6 is 0 Å². The van der Waals surface area contributed by atoms with Crippen LogP contribution in [0.25, 0.3) is 22.0 Å². The smallest absolute Gasteiger partial charge is 0.147 e. The van der Waals surface area contributed by atoms with Crippen LogP contribution in [0, 0.1) is 12.7 Å². The van der Waals surface area contributed by atoms with Crippen LogP contribution in [0.15, 0.2) is 66.7 Å². The number of fused-ring (bicyclic) bond motifs is 1. The lowest BCUT2D eigenvalue weighted by molar-refractivity contribution is 0.123. The molecule has 0 spiro atoms. The highest BCUT2D eigenvalue weighted by molar-refractivity contribution is 5.90. The third-order valence-corrected chi connectivity index (χ3v) is 6.13. The van der Waals surface area contributed by atoms with Crippen molar-refractivity contribution in [2.45, 2.75) is 13.3 Å². The molecule has 0 amide bonds. The fourth-order valence-corrected chi connectivity index (χ4v) is 4.50. The van der Waals surface area contributed by atoms with Crippen molar-refractivity contribution in [3.8, 4) is 11.1 Å². The molecule has 5 heteroatoms. The molecular weight excluding hydrogens is 401 g/mol. The van der Waals surface area contributed by atoms with Gasteiger partial charge in [0.1, 0.15) is 11.6 Å². The quantitative estimate of drug-likeness (QED) is 0.476. The number of morpholine rings is 1. The molecule has 5 rings (SSSR count). The number of ether oxygens (including phenoxy) is 1. The number of nitrogen functional groups attached to an aromatic ring is 1. The van der Waals surface area contributed by atoms with Gasteiger partial charge in [0.2, 0.25) is 0 Å². The van der Waals surface area contributed by atoms with E-state index in [1.54, 1.807) is 0 Å². The molecule has 2 heterocycles. The van der Waals surface area contributed by atoms with Crippen molar-refractivity contribution in [3.05, 3.63) is 89.2 Å². The van der Waals surface area contributed by atoms with Crippen LogP contribution in [0.4, 0.5) is 15.9 Å². The summed E-state index contributed by atoms with van der Waals surface area (Å²) >= 11 is 0. The van der Waals surface area contributed by atoms with Crippen LogP contribution in [0.3, 0.4) is 0 Å². The summed E-state index contributed by atoms with van der Waals surface area (Å²) in [5.41, 5.74) is 14.0. The monoisotopic (exact) mass is 427 g/mol. The number of pyridine rings is 1. The van der Waals surface area contributed by atoms with Gasteiger partial charge >= 0.3 is 0 Å². The molecule has 162 valence electrons. The maximum absolute atomic E-state index is 13.4. The molecule has 4 nitrogen and oxygen atoms in total. The molecule has 1 aromatic heterocycles. The normalized spacial score (nSPS) is 14.1. The van der Waals surface area contributed by atoms with Gasteiger partial charge in [-0.05, 0) is 71.5 Å². The molecule has 1 fully saturated rings. The van der Waals surface area contributed by atoms with Crippen LogP contribution < -0.4 is 10.6 Å². The van der Waals surface area contributed by atoms with Crippen molar-refractivity contribution in [3.63, 3.8) is 0 Å². The van der Waals surface area contributed by atoms with Crippen LogP contribution in [-0.2, 0) is 11.2 Å². The zero-order valence-corrected chi connectivity index (χ0v) is 18.1. The first-order valence-corrected chi connectivity index (χ1v) is 10.9. The van der Waals surface area contributed by atoms with Crippen molar-refractivity contribution < 1.29 is 9.13 Å². The topological polar surface area (TPSA) is 51.4 Å². The number of aromatic nitrogens is 1. The fraction of sp³-hybridized carbons (Fsp3) is 0.222. The molecule has 1 aliphatic rings. The SMILES string of the molecule is Cc1cccc(Cc2ccc(F)cc2)c1-c1ccc2nc(N)c(N3CCOCC3)cc2c1. The van der Waals surface area contributed by atoms with Crippen molar-refractivity contribution in [2.75, 3.05) is 36.9 Å². The highest BCUT2D eigenvalue weighted by atomic mass is 19.1. The van der Waals surface area contributed by atoms with E-state index in [0.717, 1.165) is 47.2 Å². The number of anilines is 2. The Balaban J connectivity index is 1.57. The molecular formula is C27H26FN3O. The molecule has 1 aliphatic heterocycles. The molecule has 0 radical (unpaired) electrons. The lowest BCUT2D eigenvalue weighted by atomic mass is 9.91. The number of halogens is 1. The number of rotatable bonds is 4. The standard InChI is InChI=1S/C27H26FN3O/c1-18-3-2-4-20(15-19-5-8-23(28)9-6-19)26(18)21-7-10-24-22(16-21)17-25(27(29)30-24)31-11-13-32-14-12-31/h2-10,16-17H,11-15H2,1H3,(H2,29,30). The summed E-state index contributed by atoms with van der Waals surface area (Å²) in [6.45, 7) is 5.17. The van der Waals surface area contributed by atoms with Crippen molar-refractivity contribution in [1.29, 1.82) is 0 Å². The van der Waals surface area contributed by atoms with Gasteiger partial charge in [-0.25, -0.2) is 9.37 Å². The van der Waals surface area contributed by atoms with Gasteiger partial charge in [0.05, 0.1) is 24.4 Å². The Morgan fingerprint density at radius 3 is 2.56 bits per heavy atom. The lowest BCUT2D eigenvalue weighted by Crippen LogP contribution is -2.36. The fourth-order valence-electron chi connectivity index (χ4n) is 4.50. The summed E-state index contributed by atoms with van der Waals surface area (Å²) in [4.78, 5) is 6.91. The first kappa shape index (κ1) is 20.5. The lowest BCUT2D eigenvalue weighted by Gasteiger charge is -2.29. The number of hydrogen-bond acceptors (Lipinski definition) is 4. The molecule has 3 aromatic carbocycles. The summed E-state index contributed by atoms with van der Waals surface area (Å²) < 4.78 is 18.8. The summed E-state index contributed by atoms with van der Waals surface area (Å²) in [7, 11) is 0. The molecule has 0 aliphatic carbocycles. The number of benzene rings is 3. The van der Waals surface area contributed by atoms with Crippen molar-refractivity contribution in [2.24, 2.45) is 0 Å². The summed E-state index contributed by atoms with van der Waals surface area (Å²) in [6.07, 6.45) is 0.744. The summed E-state index contributed by atoms with van der Waals surface area (Å²) in [5.74, 6) is 0.343. The Morgan fingerprint density at radius 1 is 1.00 bits per heavy atom. The van der Waals surface area contributed by atoms with Gasteiger partial charge in [0.15, 0.2) is 0 Å². The van der Waals surface area contributed by atoms with E-state index in [1.807, 2.05) is 18.2 Å². The van der Waals surface area contributed by atoms with Gasteiger partial charge in [0, 0.05) is 18.5 Å². The highest BCUT2D eigenvalue weighted by Gasteiger charge is 2.16. The van der Waals surface area contributed by atoms with E-state index < -0.39 is 0 Å². The molecule has 2 N–H and O–H groups in total. The van der Waals surface area contributed by atoms with Crippen LogP contribution in [0.5, 0.6) is 0 Å². The van der Waals surface area contributed by atoms with E-state index in [-0.39, 0.29) is 5.82 Å². The van der Waals surface area contributed by atoms with Gasteiger partial charge in [0.25, 0.3) is 0 Å². The summed E-state index contributed by atoms with van der Waals surface area (Å²) in [5, 5.41) is 1.06. The molecule has 1 saturated heterocycles. The summed E-state index contributed by atoms with van der Waals surface area (Å²) in [6, 6.07) is 21.6. The van der Waals surface area contributed by atoms with E-state index in [2.05, 4.69) is 53.2 Å². The minimum Gasteiger partial charge on any atom is -0.382 e. The molecule has 4 aromatic rings. The second kappa shape index (κ2) is 8.60. The second-order valence-electron chi connectivity index (χ2n) is 8.31. The van der Waals surface area contributed by atoms with E-state index >= 15 is 0 Å². The van der Waals surface area contributed by atoms with Gasteiger partial charge in [-0.2, -0.15) is 0 Å². The van der Waals surface area contributed by atoms with Crippen LogP contribution in [-0.4, -0.2) is 31.3 Å². The molecule has 0 atom stereocenters. The van der Waals surface area contributed by atoms with E-state index in [9.17, 15) is 4.39 Å². The third kappa shape index (κ3) is 4.04. The third-order valence-electron chi connectivity index (χ3n) is 6.13. The first-order valence-electron chi connectivity index (χ1n) is 10.9. The van der Waals surface area contributed by atoms with E-state index in [1.165, 1.54) is 28.8 Å². The molecule has 0 saturated carbocycles. The average molecular weight is 428 g/mol. The Morgan fingerprint density at radius 2 is 1.78 bits per heavy atom. The zero-order valence-electron chi connectivity index (χ0n) is 18.1. The van der Waals surface area contributed by atoms with Crippen molar-refractivity contribution in [1.82, 2.24) is 4.98 Å². The second-order valence-corrected chi connectivity index (χ2v) is 8.31. The Kier molecular flexibility index (Phi) is 5.50. The Labute approximate surface area is 187 Å².